The first-order valence-electron chi connectivity index (χ1n) is 4.46. The van der Waals surface area contributed by atoms with Crippen LogP contribution in [0.25, 0.3) is 0 Å². The van der Waals surface area contributed by atoms with Gasteiger partial charge in [-0.15, -0.1) is 0 Å². The molecule has 2 amide bonds. The average molecular weight is 207 g/mol. The standard InChI is InChI=1S/C10H13N3O2/c1-10(2,9(11)15)13-8(14)7-3-5-12-6-4-7/h3-6H,1-2H3,(H2,11,15)(H,13,14). The first-order valence-corrected chi connectivity index (χ1v) is 4.46. The Morgan fingerprint density at radius 2 is 1.87 bits per heavy atom. The largest absolute Gasteiger partial charge is 0.368 e. The van der Waals surface area contributed by atoms with Gasteiger partial charge in [-0.1, -0.05) is 0 Å². The maximum absolute atomic E-state index is 11.6. The van der Waals surface area contributed by atoms with E-state index in [1.54, 1.807) is 26.0 Å². The number of rotatable bonds is 3. The van der Waals surface area contributed by atoms with Crippen molar-refractivity contribution in [2.45, 2.75) is 19.4 Å². The molecule has 0 aromatic carbocycles. The minimum Gasteiger partial charge on any atom is -0.368 e. The summed E-state index contributed by atoms with van der Waals surface area (Å²) in [4.78, 5) is 26.4. The van der Waals surface area contributed by atoms with Gasteiger partial charge in [0.1, 0.15) is 5.54 Å². The van der Waals surface area contributed by atoms with E-state index in [1.807, 2.05) is 0 Å². The van der Waals surface area contributed by atoms with Crippen molar-refractivity contribution < 1.29 is 9.59 Å². The maximum Gasteiger partial charge on any atom is 0.252 e. The Kier molecular flexibility index (Phi) is 3.04. The Morgan fingerprint density at radius 1 is 1.33 bits per heavy atom. The highest BCUT2D eigenvalue weighted by Gasteiger charge is 2.27. The predicted molar refractivity (Wildman–Crippen MR) is 55.0 cm³/mol. The molecule has 0 unspecified atom stereocenters. The van der Waals surface area contributed by atoms with Crippen LogP contribution < -0.4 is 11.1 Å². The number of nitrogens with two attached hydrogens (primary N) is 1. The molecule has 0 radical (unpaired) electrons. The first kappa shape index (κ1) is 11.2. The molecule has 0 saturated heterocycles. The summed E-state index contributed by atoms with van der Waals surface area (Å²) in [5.74, 6) is -0.925. The van der Waals surface area contributed by atoms with E-state index in [2.05, 4.69) is 10.3 Å². The Balaban J connectivity index is 2.77. The third-order valence-corrected chi connectivity index (χ3v) is 1.98. The van der Waals surface area contributed by atoms with Crippen LogP contribution in [0.1, 0.15) is 24.2 Å². The van der Waals surface area contributed by atoms with Gasteiger partial charge in [0.15, 0.2) is 0 Å². The molecule has 0 aliphatic heterocycles. The van der Waals surface area contributed by atoms with Crippen molar-refractivity contribution in [2.75, 3.05) is 0 Å². The minimum absolute atomic E-state index is 0.346. The zero-order valence-electron chi connectivity index (χ0n) is 8.65. The highest BCUT2D eigenvalue weighted by Crippen LogP contribution is 2.04. The van der Waals surface area contributed by atoms with Gasteiger partial charge in [0, 0.05) is 18.0 Å². The van der Waals surface area contributed by atoms with E-state index < -0.39 is 11.4 Å². The third-order valence-electron chi connectivity index (χ3n) is 1.98. The van der Waals surface area contributed by atoms with E-state index in [1.165, 1.54) is 12.4 Å². The molecule has 3 N–H and O–H groups in total. The average Bonchev–Trinajstić information content (AvgIpc) is 2.18. The van der Waals surface area contributed by atoms with Crippen molar-refractivity contribution in [1.29, 1.82) is 0 Å². The summed E-state index contributed by atoms with van der Waals surface area (Å²) >= 11 is 0. The van der Waals surface area contributed by atoms with Crippen LogP contribution in [0.2, 0.25) is 0 Å². The highest BCUT2D eigenvalue weighted by atomic mass is 16.2. The van der Waals surface area contributed by atoms with Crippen LogP contribution in [-0.2, 0) is 4.79 Å². The molecule has 0 spiro atoms. The number of primary amides is 1. The van der Waals surface area contributed by atoms with Crippen molar-refractivity contribution >= 4 is 11.8 Å². The summed E-state index contributed by atoms with van der Waals surface area (Å²) in [6, 6.07) is 3.12. The molecule has 0 bridgehead atoms. The molecule has 0 fully saturated rings. The fourth-order valence-electron chi connectivity index (χ4n) is 0.921. The van der Waals surface area contributed by atoms with Crippen LogP contribution in [0, 0.1) is 0 Å². The van der Waals surface area contributed by atoms with Crippen LogP contribution >= 0.6 is 0 Å². The normalized spacial score (nSPS) is 10.8. The summed E-state index contributed by atoms with van der Waals surface area (Å²) in [6.07, 6.45) is 3.01. The van der Waals surface area contributed by atoms with E-state index in [9.17, 15) is 9.59 Å². The van der Waals surface area contributed by atoms with E-state index in [0.29, 0.717) is 5.56 Å². The third kappa shape index (κ3) is 2.77. The van der Waals surface area contributed by atoms with Crippen LogP contribution in [-0.4, -0.2) is 22.3 Å². The number of hydrogen-bond acceptors (Lipinski definition) is 3. The Bertz CT molecular complexity index is 374. The SMILES string of the molecule is CC(C)(NC(=O)c1ccncc1)C(N)=O. The molecule has 80 valence electrons. The number of amides is 2. The van der Waals surface area contributed by atoms with Gasteiger partial charge in [-0.25, -0.2) is 0 Å². The zero-order valence-corrected chi connectivity index (χ0v) is 8.65. The fraction of sp³-hybridized carbons (Fsp3) is 0.300. The summed E-state index contributed by atoms with van der Waals surface area (Å²) in [6.45, 7) is 3.10. The molecule has 0 atom stereocenters. The smallest absolute Gasteiger partial charge is 0.252 e. The van der Waals surface area contributed by atoms with E-state index in [0.717, 1.165) is 0 Å². The van der Waals surface area contributed by atoms with Crippen LogP contribution in [0.15, 0.2) is 24.5 Å². The second-order valence-corrected chi connectivity index (χ2v) is 3.68. The number of carbonyl (C=O) groups excluding carboxylic acids is 2. The van der Waals surface area contributed by atoms with Crippen molar-refractivity contribution in [3.05, 3.63) is 30.1 Å². The van der Waals surface area contributed by atoms with Crippen molar-refractivity contribution in [2.24, 2.45) is 5.73 Å². The molecule has 5 nitrogen and oxygen atoms in total. The van der Waals surface area contributed by atoms with Crippen LogP contribution in [0.3, 0.4) is 0 Å². The number of hydrogen-bond donors (Lipinski definition) is 2. The predicted octanol–water partition coefficient (Wildman–Crippen LogP) is 0.0753. The second-order valence-electron chi connectivity index (χ2n) is 3.68. The number of carbonyl (C=O) groups is 2. The van der Waals surface area contributed by atoms with E-state index in [4.69, 9.17) is 5.73 Å². The Morgan fingerprint density at radius 3 is 2.33 bits per heavy atom. The Hall–Kier alpha value is -1.91. The molecular weight excluding hydrogens is 194 g/mol. The first-order chi connectivity index (χ1) is 6.93. The lowest BCUT2D eigenvalue weighted by Gasteiger charge is -2.22. The lowest BCUT2D eigenvalue weighted by atomic mass is 10.0. The summed E-state index contributed by atoms with van der Waals surface area (Å²) < 4.78 is 0. The highest BCUT2D eigenvalue weighted by molar-refractivity contribution is 5.98. The number of nitrogens with zero attached hydrogens (tertiary/aromatic N) is 1. The minimum atomic E-state index is -1.06. The molecule has 1 aromatic heterocycles. The summed E-state index contributed by atoms with van der Waals surface area (Å²) in [5, 5.41) is 2.53. The van der Waals surface area contributed by atoms with Crippen molar-refractivity contribution in [1.82, 2.24) is 10.3 Å². The molecule has 1 aromatic rings. The van der Waals surface area contributed by atoms with Crippen molar-refractivity contribution in [3.8, 4) is 0 Å². The molecule has 15 heavy (non-hydrogen) atoms. The second kappa shape index (κ2) is 4.08. The van der Waals surface area contributed by atoms with Gasteiger partial charge in [0.25, 0.3) is 5.91 Å². The molecule has 1 heterocycles. The van der Waals surface area contributed by atoms with Crippen LogP contribution in [0.5, 0.6) is 0 Å². The molecule has 5 heteroatoms. The van der Waals surface area contributed by atoms with E-state index >= 15 is 0 Å². The molecule has 0 aliphatic carbocycles. The van der Waals surface area contributed by atoms with Gasteiger partial charge in [-0.05, 0) is 26.0 Å². The zero-order chi connectivity index (χ0) is 11.5. The van der Waals surface area contributed by atoms with Gasteiger partial charge in [-0.2, -0.15) is 0 Å². The van der Waals surface area contributed by atoms with Gasteiger partial charge < -0.3 is 11.1 Å². The van der Waals surface area contributed by atoms with E-state index in [-0.39, 0.29) is 5.91 Å². The Labute approximate surface area is 87.7 Å². The van der Waals surface area contributed by atoms with Gasteiger partial charge in [-0.3, -0.25) is 14.6 Å². The summed E-state index contributed by atoms with van der Waals surface area (Å²) in [7, 11) is 0. The molecular formula is C10H13N3O2. The molecule has 0 saturated carbocycles. The fourth-order valence-corrected chi connectivity index (χ4v) is 0.921. The lowest BCUT2D eigenvalue weighted by molar-refractivity contribution is -0.122. The lowest BCUT2D eigenvalue weighted by Crippen LogP contribution is -2.52. The molecule has 0 aliphatic rings. The van der Waals surface area contributed by atoms with Gasteiger partial charge in [0.2, 0.25) is 5.91 Å². The van der Waals surface area contributed by atoms with Gasteiger partial charge in [0.05, 0.1) is 0 Å². The molecule has 1 rings (SSSR count). The topological polar surface area (TPSA) is 85.1 Å². The van der Waals surface area contributed by atoms with Crippen LogP contribution in [0.4, 0.5) is 0 Å². The summed E-state index contributed by atoms with van der Waals surface area (Å²) in [5.41, 5.74) is 4.52. The van der Waals surface area contributed by atoms with Crippen molar-refractivity contribution in [3.63, 3.8) is 0 Å². The maximum atomic E-state index is 11.6. The number of nitrogens with one attached hydrogen (secondary N) is 1. The number of aromatic nitrogens is 1. The quantitative estimate of drug-likeness (QED) is 0.735. The van der Waals surface area contributed by atoms with Gasteiger partial charge >= 0.3 is 0 Å². The monoisotopic (exact) mass is 207 g/mol. The number of pyridine rings is 1.